The minimum Gasteiger partial charge on any atom is -0.354 e. The van der Waals surface area contributed by atoms with Crippen molar-refractivity contribution < 1.29 is 0 Å². The first-order valence-corrected chi connectivity index (χ1v) is 6.72. The molecule has 6 heteroatoms. The Bertz CT molecular complexity index is 592. The van der Waals surface area contributed by atoms with E-state index in [1.165, 1.54) is 5.56 Å². The molecule has 1 aliphatic heterocycles. The monoisotopic (exact) mass is 260 g/mol. The molecule has 1 atom stereocenters. The maximum Gasteiger partial charge on any atom is 0.143 e. The first-order chi connectivity index (χ1) is 9.17. The molecule has 3 heterocycles. The minimum atomic E-state index is -0.292. The Morgan fingerprint density at radius 2 is 2.32 bits per heavy atom. The van der Waals surface area contributed by atoms with E-state index in [2.05, 4.69) is 26.8 Å². The number of aromatic nitrogens is 3. The van der Waals surface area contributed by atoms with Gasteiger partial charge < -0.3 is 21.4 Å². The topological polar surface area (TPSA) is 96.8 Å². The van der Waals surface area contributed by atoms with Crippen LogP contribution in [0.15, 0.2) is 12.5 Å². The van der Waals surface area contributed by atoms with E-state index < -0.39 is 0 Å². The molecule has 0 unspecified atom stereocenters. The maximum atomic E-state index is 6.26. The van der Waals surface area contributed by atoms with Gasteiger partial charge in [0, 0.05) is 31.4 Å². The van der Waals surface area contributed by atoms with Crippen molar-refractivity contribution in [3.8, 4) is 0 Å². The first-order valence-electron chi connectivity index (χ1n) is 6.72. The molecule has 0 amide bonds. The quantitative estimate of drug-likeness (QED) is 0.741. The van der Waals surface area contributed by atoms with Gasteiger partial charge in [-0.05, 0) is 18.4 Å². The second-order valence-electron chi connectivity index (χ2n) is 5.33. The summed E-state index contributed by atoms with van der Waals surface area (Å²) in [5.41, 5.74) is 13.9. The number of aromatic amines is 1. The highest BCUT2D eigenvalue weighted by atomic mass is 15.2. The Labute approximate surface area is 112 Å². The molecule has 0 aliphatic carbocycles. The van der Waals surface area contributed by atoms with Crippen LogP contribution in [0, 0.1) is 0 Å². The van der Waals surface area contributed by atoms with Crippen LogP contribution in [0.3, 0.4) is 0 Å². The molecule has 0 bridgehead atoms. The second kappa shape index (κ2) is 4.47. The Hall–Kier alpha value is -1.66. The SMILES string of the molecule is CCc1c[nH]c2ncnc(N3CC[C@](N)(CN)C3)c12. The van der Waals surface area contributed by atoms with Crippen molar-refractivity contribution >= 4 is 16.9 Å². The number of hydrogen-bond acceptors (Lipinski definition) is 5. The van der Waals surface area contributed by atoms with Crippen LogP contribution in [0.1, 0.15) is 18.9 Å². The van der Waals surface area contributed by atoms with Gasteiger partial charge in [-0.1, -0.05) is 6.92 Å². The third-order valence-corrected chi connectivity index (χ3v) is 4.00. The van der Waals surface area contributed by atoms with Crippen LogP contribution in [0.2, 0.25) is 0 Å². The maximum absolute atomic E-state index is 6.26. The van der Waals surface area contributed by atoms with Crippen molar-refractivity contribution in [2.75, 3.05) is 24.5 Å². The number of fused-ring (bicyclic) bond motifs is 1. The number of rotatable bonds is 3. The van der Waals surface area contributed by atoms with Gasteiger partial charge in [0.15, 0.2) is 0 Å². The molecule has 2 aromatic rings. The molecule has 1 fully saturated rings. The molecule has 1 saturated heterocycles. The molecular weight excluding hydrogens is 240 g/mol. The van der Waals surface area contributed by atoms with E-state index in [-0.39, 0.29) is 5.54 Å². The van der Waals surface area contributed by atoms with Gasteiger partial charge in [-0.3, -0.25) is 0 Å². The average Bonchev–Trinajstić information content (AvgIpc) is 3.02. The van der Waals surface area contributed by atoms with E-state index in [1.807, 2.05) is 6.20 Å². The number of anilines is 1. The Morgan fingerprint density at radius 3 is 3.00 bits per heavy atom. The van der Waals surface area contributed by atoms with Gasteiger partial charge in [0.05, 0.1) is 5.39 Å². The molecule has 0 saturated carbocycles. The van der Waals surface area contributed by atoms with E-state index in [4.69, 9.17) is 11.5 Å². The van der Waals surface area contributed by atoms with Crippen LogP contribution in [-0.4, -0.2) is 40.1 Å². The summed E-state index contributed by atoms with van der Waals surface area (Å²) in [4.78, 5) is 14.2. The van der Waals surface area contributed by atoms with Gasteiger partial charge in [0.2, 0.25) is 0 Å². The highest BCUT2D eigenvalue weighted by Crippen LogP contribution is 2.30. The van der Waals surface area contributed by atoms with Crippen molar-refractivity contribution in [2.45, 2.75) is 25.3 Å². The predicted molar refractivity (Wildman–Crippen MR) is 76.1 cm³/mol. The van der Waals surface area contributed by atoms with Crippen LogP contribution in [-0.2, 0) is 6.42 Å². The van der Waals surface area contributed by atoms with Gasteiger partial charge in [-0.2, -0.15) is 0 Å². The summed E-state index contributed by atoms with van der Waals surface area (Å²) in [7, 11) is 0. The van der Waals surface area contributed by atoms with E-state index in [0.29, 0.717) is 6.54 Å². The standard InChI is InChI=1S/C13H20N6/c1-2-9-5-16-11-10(9)12(18-8-17-11)19-4-3-13(15,6-14)7-19/h5,8H,2-4,6-7,14-15H2,1H3,(H,16,17,18)/t13-/m0/s1. The summed E-state index contributed by atoms with van der Waals surface area (Å²) >= 11 is 0. The number of hydrogen-bond donors (Lipinski definition) is 3. The highest BCUT2D eigenvalue weighted by molar-refractivity contribution is 5.91. The van der Waals surface area contributed by atoms with E-state index in [0.717, 1.165) is 42.8 Å². The molecule has 2 aromatic heterocycles. The molecule has 102 valence electrons. The molecule has 19 heavy (non-hydrogen) atoms. The number of nitrogens with two attached hydrogens (primary N) is 2. The lowest BCUT2D eigenvalue weighted by Crippen LogP contribution is -2.49. The largest absolute Gasteiger partial charge is 0.354 e. The highest BCUT2D eigenvalue weighted by Gasteiger charge is 2.34. The van der Waals surface area contributed by atoms with Crippen molar-refractivity contribution in [3.05, 3.63) is 18.1 Å². The molecule has 5 N–H and O–H groups in total. The van der Waals surface area contributed by atoms with Gasteiger partial charge in [0.25, 0.3) is 0 Å². The lowest BCUT2D eigenvalue weighted by atomic mass is 10.0. The lowest BCUT2D eigenvalue weighted by Gasteiger charge is -2.23. The predicted octanol–water partition coefficient (Wildman–Crippen LogP) is 0.387. The van der Waals surface area contributed by atoms with Crippen molar-refractivity contribution in [2.24, 2.45) is 11.5 Å². The van der Waals surface area contributed by atoms with E-state index >= 15 is 0 Å². The Morgan fingerprint density at radius 1 is 1.47 bits per heavy atom. The fourth-order valence-corrected chi connectivity index (χ4v) is 2.77. The summed E-state index contributed by atoms with van der Waals surface area (Å²) in [5.74, 6) is 0.976. The zero-order chi connectivity index (χ0) is 13.5. The molecule has 0 aromatic carbocycles. The lowest BCUT2D eigenvalue weighted by molar-refractivity contribution is 0.484. The average molecular weight is 260 g/mol. The van der Waals surface area contributed by atoms with Gasteiger partial charge >= 0.3 is 0 Å². The third kappa shape index (κ3) is 1.97. The number of aryl methyl sites for hydroxylation is 1. The molecule has 3 rings (SSSR count). The van der Waals surface area contributed by atoms with Crippen LogP contribution < -0.4 is 16.4 Å². The summed E-state index contributed by atoms with van der Waals surface area (Å²) in [6.45, 7) is 4.29. The molecule has 0 spiro atoms. The van der Waals surface area contributed by atoms with Crippen molar-refractivity contribution in [1.82, 2.24) is 15.0 Å². The zero-order valence-electron chi connectivity index (χ0n) is 11.2. The van der Waals surface area contributed by atoms with E-state index in [1.54, 1.807) is 6.33 Å². The summed E-state index contributed by atoms with van der Waals surface area (Å²) in [6.07, 6.45) is 5.48. The number of H-pyrrole nitrogens is 1. The fraction of sp³-hybridized carbons (Fsp3) is 0.538. The minimum absolute atomic E-state index is 0.292. The fourth-order valence-electron chi connectivity index (χ4n) is 2.77. The molecule has 1 aliphatic rings. The third-order valence-electron chi connectivity index (χ3n) is 4.00. The molecule has 6 nitrogen and oxygen atoms in total. The molecular formula is C13H20N6. The van der Waals surface area contributed by atoms with Crippen molar-refractivity contribution in [3.63, 3.8) is 0 Å². The second-order valence-corrected chi connectivity index (χ2v) is 5.33. The van der Waals surface area contributed by atoms with Crippen LogP contribution in [0.4, 0.5) is 5.82 Å². The summed E-state index contributed by atoms with van der Waals surface area (Å²) in [5, 5.41) is 1.12. The summed E-state index contributed by atoms with van der Waals surface area (Å²) < 4.78 is 0. The number of nitrogens with zero attached hydrogens (tertiary/aromatic N) is 3. The summed E-state index contributed by atoms with van der Waals surface area (Å²) in [6, 6.07) is 0. The van der Waals surface area contributed by atoms with E-state index in [9.17, 15) is 0 Å². The zero-order valence-corrected chi connectivity index (χ0v) is 11.2. The Balaban J connectivity index is 2.04. The van der Waals surface area contributed by atoms with Crippen LogP contribution >= 0.6 is 0 Å². The van der Waals surface area contributed by atoms with Gasteiger partial charge in [-0.25, -0.2) is 9.97 Å². The Kier molecular flexibility index (Phi) is 2.91. The van der Waals surface area contributed by atoms with Crippen molar-refractivity contribution in [1.29, 1.82) is 0 Å². The molecule has 0 radical (unpaired) electrons. The van der Waals surface area contributed by atoms with Crippen LogP contribution in [0.25, 0.3) is 11.0 Å². The number of nitrogens with one attached hydrogen (secondary N) is 1. The van der Waals surface area contributed by atoms with Gasteiger partial charge in [-0.15, -0.1) is 0 Å². The first kappa shape index (κ1) is 12.4. The normalized spacial score (nSPS) is 23.4. The van der Waals surface area contributed by atoms with Gasteiger partial charge in [0.1, 0.15) is 17.8 Å². The smallest absolute Gasteiger partial charge is 0.143 e. The van der Waals surface area contributed by atoms with Crippen LogP contribution in [0.5, 0.6) is 0 Å².